The van der Waals surface area contributed by atoms with E-state index in [1.54, 1.807) is 54.6 Å². The second-order valence-corrected chi connectivity index (χ2v) is 17.1. The topological polar surface area (TPSA) is 160 Å². The van der Waals surface area contributed by atoms with E-state index in [4.69, 9.17) is 0 Å². The van der Waals surface area contributed by atoms with Crippen molar-refractivity contribution in [2.24, 2.45) is 50.0 Å². The number of carbonyl (C=O) groups is 4. The highest BCUT2D eigenvalue weighted by Crippen LogP contribution is 2.59. The molecule has 66 heavy (non-hydrogen) atoms. The van der Waals surface area contributed by atoms with Crippen molar-refractivity contribution in [1.82, 2.24) is 0 Å². The van der Waals surface area contributed by atoms with Crippen molar-refractivity contribution < 1.29 is 42.2 Å². The number of halogens is 3. The maximum absolute atomic E-state index is 14.7. The van der Waals surface area contributed by atoms with Gasteiger partial charge >= 0.3 is 6.36 Å². The first-order valence-electron chi connectivity index (χ1n) is 21.2. The lowest BCUT2D eigenvalue weighted by Crippen LogP contribution is -2.43. The van der Waals surface area contributed by atoms with Crippen LogP contribution in [0.4, 0.5) is 58.7 Å². The molecule has 6 atom stereocenters. The Labute approximate surface area is 377 Å². The molecule has 336 valence electrons. The summed E-state index contributed by atoms with van der Waals surface area (Å²) >= 11 is 0. The molecule has 0 unspecified atom stereocenters. The van der Waals surface area contributed by atoms with Gasteiger partial charge in [-0.25, -0.2) is 0 Å². The lowest BCUT2D eigenvalue weighted by Gasteiger charge is -2.44. The number of rotatable bonds is 10. The summed E-state index contributed by atoms with van der Waals surface area (Å²) in [7, 11) is 7.71. The molecule has 4 amide bonds. The van der Waals surface area contributed by atoms with Gasteiger partial charge in [-0.05, 0) is 134 Å². The minimum absolute atomic E-state index is 0.00461. The molecule has 4 aliphatic rings. The van der Waals surface area contributed by atoms with Crippen molar-refractivity contribution in [1.29, 1.82) is 0 Å². The predicted octanol–water partition coefficient (Wildman–Crippen LogP) is 10.3. The van der Waals surface area contributed by atoms with Crippen molar-refractivity contribution in [3.63, 3.8) is 0 Å². The molecule has 2 heterocycles. The van der Waals surface area contributed by atoms with Crippen molar-refractivity contribution in [2.75, 3.05) is 47.8 Å². The molecule has 17 heteroatoms. The smallest absolute Gasteiger partial charge is 0.508 e. The Morgan fingerprint density at radius 3 is 1.47 bits per heavy atom. The van der Waals surface area contributed by atoms with Crippen LogP contribution in [0.2, 0.25) is 0 Å². The average Bonchev–Trinajstić information content (AvgIpc) is 3.71. The van der Waals surface area contributed by atoms with E-state index in [2.05, 4.69) is 25.2 Å². The number of carbonyl (C=O) groups excluding carboxylic acids is 4. The Morgan fingerprint density at radius 1 is 0.576 bits per heavy atom. The van der Waals surface area contributed by atoms with E-state index >= 15 is 0 Å². The van der Waals surface area contributed by atoms with Crippen LogP contribution in [0.15, 0.2) is 147 Å². The van der Waals surface area contributed by atoms with Crippen LogP contribution in [0.1, 0.15) is 24.3 Å². The molecule has 14 nitrogen and oxygen atoms in total. The van der Waals surface area contributed by atoms with Gasteiger partial charge in [0.25, 0.3) is 0 Å². The number of imide groups is 2. The molecule has 2 aliphatic heterocycles. The third-order valence-electron chi connectivity index (χ3n) is 12.7. The molecule has 2 saturated heterocycles. The monoisotopic (exact) mass is 896 g/mol. The van der Waals surface area contributed by atoms with E-state index in [0.29, 0.717) is 34.0 Å². The lowest BCUT2D eigenvalue weighted by atomic mass is 9.57. The highest BCUT2D eigenvalue weighted by atomic mass is 19.4. The van der Waals surface area contributed by atoms with E-state index in [0.717, 1.165) is 39.4 Å². The number of azo groups is 2. The standard InChI is InChI=1S/C49H43F3N8O6/c1-57(2)31-13-5-27(6-14-31)53-55-29-9-17-33(18-10-29)59-45(62)37-23-22-36-38(43(37)47(59)64)26-40-44(42(36)39-25-35(21-24-41(39)61)66-49(50,51)52)48(65)60(46(40)63)34-19-11-30(12-20-34)56-54-28-7-15-32(16-8-28)58(3)4/h5-22,24-25,37-38,40,42-44,61H,23,26H2,1-4H3/t37-,38+,40+,42+,43-,44+/m0/s1. The number of amides is 4. The van der Waals surface area contributed by atoms with Gasteiger partial charge in [0.2, 0.25) is 23.6 Å². The summed E-state index contributed by atoms with van der Waals surface area (Å²) in [5.41, 5.74) is 5.09. The number of phenolic OH excluding ortho intramolecular Hbond substituents is 1. The summed E-state index contributed by atoms with van der Waals surface area (Å²) in [5, 5.41) is 28.5. The molecule has 5 aromatic rings. The summed E-state index contributed by atoms with van der Waals surface area (Å²) in [6.07, 6.45) is -3.26. The van der Waals surface area contributed by atoms with E-state index in [-0.39, 0.29) is 24.1 Å². The average molecular weight is 897 g/mol. The zero-order chi connectivity index (χ0) is 46.6. The van der Waals surface area contributed by atoms with E-state index in [1.165, 1.54) is 0 Å². The molecule has 0 aromatic heterocycles. The summed E-state index contributed by atoms with van der Waals surface area (Å²) < 4.78 is 44.8. The van der Waals surface area contributed by atoms with E-state index < -0.39 is 77.0 Å². The number of phenols is 1. The molecule has 0 radical (unpaired) electrons. The highest BCUT2D eigenvalue weighted by Gasteiger charge is 2.62. The summed E-state index contributed by atoms with van der Waals surface area (Å²) in [5.74, 6) is -9.23. The number of nitrogens with zero attached hydrogens (tertiary/aromatic N) is 8. The fourth-order valence-electron chi connectivity index (χ4n) is 9.63. The first-order chi connectivity index (χ1) is 31.6. The molecule has 0 spiro atoms. The Morgan fingerprint density at radius 2 is 1.02 bits per heavy atom. The second-order valence-electron chi connectivity index (χ2n) is 17.1. The number of ether oxygens (including phenoxy) is 1. The highest BCUT2D eigenvalue weighted by molar-refractivity contribution is 6.24. The lowest BCUT2D eigenvalue weighted by molar-refractivity contribution is -0.274. The SMILES string of the molecule is CN(C)c1ccc(N=Nc2ccc(N3C(=O)[C@H]4[C@H](CC=C5[C@H]4C[C@H]4C(=O)N(c6ccc(N=Nc7ccc(N(C)C)cc7)cc6)C(=O)[C@H]4[C@H]5c4cc(OC(F)(F)F)ccc4O)C3=O)cc2)cc1. The van der Waals surface area contributed by atoms with Crippen LogP contribution in [-0.4, -0.2) is 63.3 Å². The zero-order valence-corrected chi connectivity index (χ0v) is 36.1. The van der Waals surface area contributed by atoms with Crippen LogP contribution in [0.5, 0.6) is 11.5 Å². The molecular formula is C49H43F3N8O6. The molecule has 1 N–H and O–H groups in total. The quantitative estimate of drug-likeness (QED) is 0.0824. The largest absolute Gasteiger partial charge is 0.573 e. The maximum atomic E-state index is 14.7. The Hall–Kier alpha value is -7.69. The van der Waals surface area contributed by atoms with Crippen molar-refractivity contribution in [3.8, 4) is 11.5 Å². The van der Waals surface area contributed by atoms with Gasteiger partial charge in [0, 0.05) is 51.0 Å². The molecule has 5 aromatic carbocycles. The normalized spacial score (nSPS) is 22.7. The molecular weight excluding hydrogens is 854 g/mol. The fraction of sp³-hybridized carbons (Fsp3) is 0.265. The molecule has 9 rings (SSSR count). The number of alkyl halides is 3. The molecule has 0 bridgehead atoms. The summed E-state index contributed by atoms with van der Waals surface area (Å²) in [6, 6.07) is 30.7. The number of allylic oxidation sites excluding steroid dienone is 2. The third kappa shape index (κ3) is 8.16. The van der Waals surface area contributed by atoms with Crippen LogP contribution in [0, 0.1) is 29.6 Å². The van der Waals surface area contributed by atoms with Gasteiger partial charge in [-0.2, -0.15) is 20.5 Å². The van der Waals surface area contributed by atoms with Gasteiger partial charge in [-0.1, -0.05) is 11.6 Å². The number of aromatic hydroxyl groups is 1. The van der Waals surface area contributed by atoms with Gasteiger partial charge in [0.15, 0.2) is 0 Å². The molecule has 3 fully saturated rings. The van der Waals surface area contributed by atoms with Gasteiger partial charge in [-0.3, -0.25) is 29.0 Å². The van der Waals surface area contributed by atoms with Gasteiger partial charge in [-0.15, -0.1) is 13.2 Å². The number of fused-ring (bicyclic) bond motifs is 4. The van der Waals surface area contributed by atoms with Crippen LogP contribution in [-0.2, 0) is 19.2 Å². The van der Waals surface area contributed by atoms with Crippen LogP contribution < -0.4 is 24.3 Å². The van der Waals surface area contributed by atoms with Crippen LogP contribution in [0.25, 0.3) is 0 Å². The van der Waals surface area contributed by atoms with Crippen LogP contribution >= 0.6 is 0 Å². The maximum Gasteiger partial charge on any atom is 0.573 e. The van der Waals surface area contributed by atoms with Crippen molar-refractivity contribution >= 4 is 69.1 Å². The Balaban J connectivity index is 1.02. The summed E-state index contributed by atoms with van der Waals surface area (Å²) in [4.78, 5) is 64.1. The number of hydrogen-bond donors (Lipinski definition) is 1. The number of benzene rings is 5. The first kappa shape index (κ1) is 43.6. The van der Waals surface area contributed by atoms with Crippen LogP contribution in [0.3, 0.4) is 0 Å². The first-order valence-corrected chi connectivity index (χ1v) is 21.2. The number of hydrogen-bond acceptors (Lipinski definition) is 12. The van der Waals surface area contributed by atoms with E-state index in [1.807, 2.05) is 86.5 Å². The minimum atomic E-state index is -5.07. The van der Waals surface area contributed by atoms with Crippen molar-refractivity contribution in [3.05, 3.63) is 132 Å². The summed E-state index contributed by atoms with van der Waals surface area (Å²) in [6.45, 7) is 0. The third-order valence-corrected chi connectivity index (χ3v) is 12.7. The second kappa shape index (κ2) is 17.0. The molecule has 2 aliphatic carbocycles. The Kier molecular flexibility index (Phi) is 11.2. The Bertz CT molecular complexity index is 2810. The van der Waals surface area contributed by atoms with E-state index in [9.17, 15) is 37.5 Å². The van der Waals surface area contributed by atoms with Gasteiger partial charge in [0.05, 0.1) is 57.8 Å². The van der Waals surface area contributed by atoms with Gasteiger partial charge < -0.3 is 19.6 Å². The van der Waals surface area contributed by atoms with Crippen molar-refractivity contribution in [2.45, 2.75) is 25.1 Å². The number of anilines is 4. The van der Waals surface area contributed by atoms with Gasteiger partial charge in [0.1, 0.15) is 11.5 Å². The predicted molar refractivity (Wildman–Crippen MR) is 240 cm³/mol. The zero-order valence-electron chi connectivity index (χ0n) is 36.1. The minimum Gasteiger partial charge on any atom is -0.508 e. The fourth-order valence-corrected chi connectivity index (χ4v) is 9.63. The molecule has 1 saturated carbocycles.